The van der Waals surface area contributed by atoms with Gasteiger partial charge in [0.1, 0.15) is 6.61 Å². The lowest BCUT2D eigenvalue weighted by atomic mass is 10.2. The van der Waals surface area contributed by atoms with Crippen LogP contribution in [0.5, 0.6) is 0 Å². The van der Waals surface area contributed by atoms with Crippen LogP contribution in [0, 0.1) is 0 Å². The van der Waals surface area contributed by atoms with Gasteiger partial charge in [0, 0.05) is 12.8 Å². The van der Waals surface area contributed by atoms with E-state index in [1.54, 1.807) is 0 Å². The molecule has 1 aliphatic rings. The maximum atomic E-state index is 9.61. The first-order valence-corrected chi connectivity index (χ1v) is 5.36. The van der Waals surface area contributed by atoms with E-state index in [1.165, 1.54) is 0 Å². The Hall–Kier alpha value is -1.39. The number of aliphatic hydroxyl groups is 1. The Morgan fingerprint density at radius 3 is 2.88 bits per heavy atom. The van der Waals surface area contributed by atoms with E-state index < -0.39 is 6.29 Å². The third-order valence-electron chi connectivity index (χ3n) is 2.37. The molecule has 1 aliphatic heterocycles. The third kappa shape index (κ3) is 3.32. The van der Waals surface area contributed by atoms with Gasteiger partial charge in [-0.1, -0.05) is 35.5 Å². The largest absolute Gasteiger partial charge is 0.395 e. The molecule has 0 aliphatic carbocycles. The van der Waals surface area contributed by atoms with Crippen molar-refractivity contribution in [2.24, 2.45) is 5.16 Å². The molecule has 1 aromatic carbocycles. The first-order valence-electron chi connectivity index (χ1n) is 5.36. The summed E-state index contributed by atoms with van der Waals surface area (Å²) in [6.45, 7) is 1.02. The Morgan fingerprint density at radius 1 is 1.38 bits per heavy atom. The smallest absolute Gasteiger partial charge is 0.160 e. The number of hydrogen-bond acceptors (Lipinski definition) is 4. The maximum Gasteiger partial charge on any atom is 0.160 e. The highest BCUT2D eigenvalue weighted by molar-refractivity contribution is 5.85. The number of ether oxygens (including phenoxy) is 1. The Bertz CT molecular complexity index is 351. The second-order valence-corrected chi connectivity index (χ2v) is 3.70. The van der Waals surface area contributed by atoms with Crippen LogP contribution < -0.4 is 0 Å². The zero-order chi connectivity index (χ0) is 11.2. The summed E-state index contributed by atoms with van der Waals surface area (Å²) in [6, 6.07) is 9.76. The number of rotatable bonds is 5. The van der Waals surface area contributed by atoms with Crippen LogP contribution in [0.1, 0.15) is 18.4 Å². The lowest BCUT2D eigenvalue weighted by Crippen LogP contribution is -2.16. The van der Waals surface area contributed by atoms with Crippen LogP contribution in [-0.2, 0) is 16.2 Å². The zero-order valence-electron chi connectivity index (χ0n) is 9.00. The highest BCUT2D eigenvalue weighted by Gasteiger charge is 2.13. The van der Waals surface area contributed by atoms with E-state index in [9.17, 15) is 5.11 Å². The molecule has 1 N–H and O–H groups in total. The molecule has 0 saturated carbocycles. The van der Waals surface area contributed by atoms with Crippen LogP contribution in [0.25, 0.3) is 0 Å². The number of oxime groups is 1. The molecule has 0 unspecified atom stereocenters. The van der Waals surface area contributed by atoms with Crippen LogP contribution in [0.15, 0.2) is 35.5 Å². The van der Waals surface area contributed by atoms with Crippen molar-refractivity contribution in [1.82, 2.24) is 0 Å². The summed E-state index contributed by atoms with van der Waals surface area (Å²) in [5.74, 6) is 0. The molecule has 1 aromatic rings. The van der Waals surface area contributed by atoms with E-state index in [1.807, 2.05) is 30.3 Å². The minimum absolute atomic E-state index is 0.413. The van der Waals surface area contributed by atoms with Crippen molar-refractivity contribution in [3.05, 3.63) is 35.9 Å². The Morgan fingerprint density at radius 2 is 2.19 bits per heavy atom. The molecule has 0 saturated heterocycles. The summed E-state index contributed by atoms with van der Waals surface area (Å²) >= 11 is 0. The quantitative estimate of drug-likeness (QED) is 0.770. The summed E-state index contributed by atoms with van der Waals surface area (Å²) < 4.78 is 5.31. The van der Waals surface area contributed by atoms with Crippen LogP contribution >= 0.6 is 0 Å². The van der Waals surface area contributed by atoms with Gasteiger partial charge in [-0.15, -0.1) is 0 Å². The van der Waals surface area contributed by atoms with Gasteiger partial charge in [-0.3, -0.25) is 0 Å². The third-order valence-corrected chi connectivity index (χ3v) is 2.37. The highest BCUT2D eigenvalue weighted by Crippen LogP contribution is 2.09. The molecule has 0 amide bonds. The van der Waals surface area contributed by atoms with Gasteiger partial charge in [0.05, 0.1) is 12.3 Å². The Labute approximate surface area is 94.5 Å². The summed E-state index contributed by atoms with van der Waals surface area (Å²) in [7, 11) is 0. The molecule has 2 rings (SSSR count). The molecule has 16 heavy (non-hydrogen) atoms. The molecule has 4 heteroatoms. The minimum Gasteiger partial charge on any atom is -0.395 e. The fraction of sp³-hybridized carbons (Fsp3) is 0.417. The second-order valence-electron chi connectivity index (χ2n) is 3.70. The average Bonchev–Trinajstić information content (AvgIpc) is 2.81. The minimum atomic E-state index is -0.805. The monoisotopic (exact) mass is 221 g/mol. The van der Waals surface area contributed by atoms with Gasteiger partial charge in [0.25, 0.3) is 0 Å². The lowest BCUT2D eigenvalue weighted by Gasteiger charge is -2.11. The van der Waals surface area contributed by atoms with Gasteiger partial charge in [0.15, 0.2) is 6.29 Å². The van der Waals surface area contributed by atoms with Crippen molar-refractivity contribution in [2.75, 3.05) is 6.61 Å². The number of aliphatic hydroxyl groups excluding tert-OH is 1. The van der Waals surface area contributed by atoms with Crippen LogP contribution in [0.4, 0.5) is 0 Å². The van der Waals surface area contributed by atoms with Crippen molar-refractivity contribution < 1.29 is 14.7 Å². The van der Waals surface area contributed by atoms with Crippen molar-refractivity contribution in [2.45, 2.75) is 25.7 Å². The molecule has 4 nitrogen and oxygen atoms in total. The van der Waals surface area contributed by atoms with Crippen molar-refractivity contribution in [1.29, 1.82) is 0 Å². The van der Waals surface area contributed by atoms with Gasteiger partial charge in [0.2, 0.25) is 0 Å². The standard InChI is InChI=1S/C12H15NO3/c14-12(8-11-6-7-16-13-11)15-9-10-4-2-1-3-5-10/h1-5,12,14H,6-9H2/t12-/m1/s1. The van der Waals surface area contributed by atoms with Crippen LogP contribution in [0.3, 0.4) is 0 Å². The van der Waals surface area contributed by atoms with Gasteiger partial charge in [-0.05, 0) is 5.56 Å². The molecule has 1 heterocycles. The lowest BCUT2D eigenvalue weighted by molar-refractivity contribution is -0.102. The fourth-order valence-electron chi connectivity index (χ4n) is 1.51. The molecule has 1 atom stereocenters. The van der Waals surface area contributed by atoms with E-state index in [4.69, 9.17) is 9.57 Å². The van der Waals surface area contributed by atoms with Gasteiger partial charge >= 0.3 is 0 Å². The summed E-state index contributed by atoms with van der Waals surface area (Å²) in [6.07, 6.45) is 0.402. The fourth-order valence-corrected chi connectivity index (χ4v) is 1.51. The zero-order valence-corrected chi connectivity index (χ0v) is 9.00. The molecule has 0 aromatic heterocycles. The molecular formula is C12H15NO3. The van der Waals surface area contributed by atoms with E-state index in [0.717, 1.165) is 17.7 Å². The molecule has 86 valence electrons. The second kappa shape index (κ2) is 5.63. The Kier molecular flexibility index (Phi) is 3.91. The highest BCUT2D eigenvalue weighted by atomic mass is 16.6. The number of nitrogens with zero attached hydrogens (tertiary/aromatic N) is 1. The molecule has 0 radical (unpaired) electrons. The Balaban J connectivity index is 1.73. The van der Waals surface area contributed by atoms with Crippen molar-refractivity contribution in [3.8, 4) is 0 Å². The number of hydrogen-bond donors (Lipinski definition) is 1. The molecule has 0 fully saturated rings. The van der Waals surface area contributed by atoms with Crippen molar-refractivity contribution >= 4 is 5.71 Å². The van der Waals surface area contributed by atoms with Gasteiger partial charge in [-0.2, -0.15) is 0 Å². The average molecular weight is 221 g/mol. The maximum absolute atomic E-state index is 9.61. The predicted molar refractivity (Wildman–Crippen MR) is 59.9 cm³/mol. The van der Waals surface area contributed by atoms with E-state index >= 15 is 0 Å². The van der Waals surface area contributed by atoms with Gasteiger partial charge in [-0.25, -0.2) is 0 Å². The predicted octanol–water partition coefficient (Wildman–Crippen LogP) is 1.69. The molecular weight excluding hydrogens is 206 g/mol. The first kappa shape index (κ1) is 11.1. The number of benzene rings is 1. The summed E-state index contributed by atoms with van der Waals surface area (Å²) in [5.41, 5.74) is 1.91. The SMILES string of the molecule is O[C@@H](CC1=NOCC1)OCc1ccccc1. The molecule has 0 bridgehead atoms. The summed E-state index contributed by atoms with van der Waals surface area (Å²) in [4.78, 5) is 4.84. The normalized spacial score (nSPS) is 16.7. The van der Waals surface area contributed by atoms with Crippen LogP contribution in [0.2, 0.25) is 0 Å². The van der Waals surface area contributed by atoms with Gasteiger partial charge < -0.3 is 14.7 Å². The summed E-state index contributed by atoms with van der Waals surface area (Å²) in [5, 5.41) is 13.4. The van der Waals surface area contributed by atoms with Crippen LogP contribution in [-0.4, -0.2) is 23.7 Å². The van der Waals surface area contributed by atoms with Crippen molar-refractivity contribution in [3.63, 3.8) is 0 Å². The topological polar surface area (TPSA) is 51.1 Å². The van der Waals surface area contributed by atoms with E-state index in [2.05, 4.69) is 5.16 Å². The van der Waals surface area contributed by atoms with E-state index in [-0.39, 0.29) is 0 Å². The first-order chi connectivity index (χ1) is 7.84. The van der Waals surface area contributed by atoms with E-state index in [0.29, 0.717) is 19.6 Å². The molecule has 0 spiro atoms.